The third-order valence-corrected chi connectivity index (χ3v) is 12.9. The maximum Gasteiger partial charge on any atom is 0.324 e. The van der Waals surface area contributed by atoms with E-state index in [-0.39, 0.29) is 43.4 Å². The number of aromatic amines is 1. The SMILES string of the molecule is CC#CC(=O)N1CC[C@H](C(=O)N(C)[C@H](C(=O)N[C@H]2Cc3nc(ns3)-c3ccc4[nH]c(-c5cccnc5[C@H](C)OC)c(c4c3)CC(C)(C)COC(=O)[C@@H]3CCCN(N3)C2=O)C(C)C)C1. The number of amides is 4. The molecule has 6 bridgehead atoms. The van der Waals surface area contributed by atoms with Crippen LogP contribution in [0.5, 0.6) is 0 Å². The van der Waals surface area contributed by atoms with Gasteiger partial charge < -0.3 is 29.6 Å². The summed E-state index contributed by atoms with van der Waals surface area (Å²) in [5.41, 5.74) is 7.85. The fourth-order valence-electron chi connectivity index (χ4n) is 8.83. The van der Waals surface area contributed by atoms with Gasteiger partial charge in [-0.05, 0) is 98.8 Å². The first kappa shape index (κ1) is 45.3. The number of hydrazine groups is 1. The summed E-state index contributed by atoms with van der Waals surface area (Å²) in [6.07, 6.45) is 3.46. The number of ether oxygens (including phenoxy) is 2. The molecule has 6 heterocycles. The van der Waals surface area contributed by atoms with Crippen molar-refractivity contribution in [1.29, 1.82) is 0 Å². The summed E-state index contributed by atoms with van der Waals surface area (Å²) in [6, 6.07) is 7.07. The Balaban J connectivity index is 1.23. The van der Waals surface area contributed by atoms with Crippen LogP contribution in [0.25, 0.3) is 33.5 Å². The minimum atomic E-state index is -1.13. The monoisotopic (exact) mass is 879 g/mol. The number of likely N-dealkylation sites (tertiary alicyclic amines) is 1. The molecule has 2 fully saturated rings. The van der Waals surface area contributed by atoms with Crippen molar-refractivity contribution < 1.29 is 33.4 Å². The molecule has 63 heavy (non-hydrogen) atoms. The first-order valence-electron chi connectivity index (χ1n) is 21.6. The molecular weight excluding hydrogens is 823 g/mol. The van der Waals surface area contributed by atoms with Gasteiger partial charge in [0.1, 0.15) is 23.1 Å². The molecule has 4 aromatic rings. The number of rotatable bonds is 8. The molecule has 4 amide bonds. The normalized spacial score (nSPS) is 21.3. The molecule has 0 radical (unpaired) electrons. The summed E-state index contributed by atoms with van der Waals surface area (Å²) in [7, 11) is 3.24. The van der Waals surface area contributed by atoms with Crippen molar-refractivity contribution in [3.63, 3.8) is 0 Å². The first-order chi connectivity index (χ1) is 30.1. The van der Waals surface area contributed by atoms with Gasteiger partial charge in [-0.2, -0.15) is 4.37 Å². The lowest BCUT2D eigenvalue weighted by molar-refractivity contribution is -0.155. The maximum absolute atomic E-state index is 14.5. The maximum atomic E-state index is 14.5. The van der Waals surface area contributed by atoms with Gasteiger partial charge in [-0.3, -0.25) is 34.0 Å². The van der Waals surface area contributed by atoms with Crippen LogP contribution in [0, 0.1) is 29.1 Å². The molecule has 3 N–H and O–H groups in total. The highest BCUT2D eigenvalue weighted by Crippen LogP contribution is 2.39. The summed E-state index contributed by atoms with van der Waals surface area (Å²) >= 11 is 1.14. The fraction of sp³-hybridized carbons (Fsp3) is 0.522. The molecule has 334 valence electrons. The topological polar surface area (TPSA) is 192 Å². The Bertz CT molecular complexity index is 2450. The molecule has 3 aliphatic rings. The molecule has 0 saturated carbocycles. The number of cyclic esters (lactones) is 1. The molecule has 0 spiro atoms. The average Bonchev–Trinajstić information content (AvgIpc) is 4.04. The lowest BCUT2D eigenvalue weighted by Gasteiger charge is -2.36. The number of H-pyrrole nitrogens is 1. The largest absolute Gasteiger partial charge is 0.464 e. The van der Waals surface area contributed by atoms with Gasteiger partial charge in [0.05, 0.1) is 30.0 Å². The average molecular weight is 880 g/mol. The Morgan fingerprint density at radius 2 is 1.92 bits per heavy atom. The molecule has 0 unspecified atom stereocenters. The van der Waals surface area contributed by atoms with Crippen LogP contribution >= 0.6 is 11.5 Å². The Labute approximate surface area is 372 Å². The predicted octanol–water partition coefficient (Wildman–Crippen LogP) is 4.46. The number of esters is 1. The van der Waals surface area contributed by atoms with E-state index in [1.807, 2.05) is 45.0 Å². The number of pyridine rings is 1. The van der Waals surface area contributed by atoms with Gasteiger partial charge in [0, 0.05) is 73.9 Å². The number of methoxy groups -OCH3 is 1. The molecule has 0 aliphatic carbocycles. The Kier molecular flexibility index (Phi) is 13.6. The van der Waals surface area contributed by atoms with E-state index in [1.54, 1.807) is 32.2 Å². The number of carbonyl (C=O) groups is 5. The zero-order chi connectivity index (χ0) is 45.2. The quantitative estimate of drug-likeness (QED) is 0.167. The van der Waals surface area contributed by atoms with E-state index in [0.29, 0.717) is 49.6 Å². The Morgan fingerprint density at radius 3 is 2.67 bits per heavy atom. The van der Waals surface area contributed by atoms with Crippen LogP contribution in [-0.2, 0) is 46.3 Å². The number of nitrogens with one attached hydrogen (secondary N) is 3. The van der Waals surface area contributed by atoms with Gasteiger partial charge in [-0.15, -0.1) is 0 Å². The third kappa shape index (κ3) is 9.78. The second-order valence-corrected chi connectivity index (χ2v) is 18.7. The summed E-state index contributed by atoms with van der Waals surface area (Å²) in [5.74, 6) is 2.75. The predicted molar refractivity (Wildman–Crippen MR) is 237 cm³/mol. The van der Waals surface area contributed by atoms with Crippen LogP contribution in [0.3, 0.4) is 0 Å². The van der Waals surface area contributed by atoms with Crippen molar-refractivity contribution in [2.24, 2.45) is 17.3 Å². The zero-order valence-electron chi connectivity index (χ0n) is 37.2. The van der Waals surface area contributed by atoms with Crippen LogP contribution in [0.1, 0.15) is 83.2 Å². The second kappa shape index (κ2) is 19.0. The number of aromatic nitrogens is 4. The lowest BCUT2D eigenvalue weighted by Crippen LogP contribution is -2.62. The summed E-state index contributed by atoms with van der Waals surface area (Å²) in [5, 5.41) is 5.83. The molecule has 5 atom stereocenters. The van der Waals surface area contributed by atoms with Crippen molar-refractivity contribution in [3.05, 3.63) is 52.8 Å². The summed E-state index contributed by atoms with van der Waals surface area (Å²) in [4.78, 5) is 85.2. The lowest BCUT2D eigenvalue weighted by atomic mass is 9.84. The minimum absolute atomic E-state index is 0.00756. The second-order valence-electron chi connectivity index (χ2n) is 17.8. The number of benzene rings is 1. The first-order valence-corrected chi connectivity index (χ1v) is 22.3. The van der Waals surface area contributed by atoms with E-state index < -0.39 is 47.2 Å². The smallest absolute Gasteiger partial charge is 0.324 e. The van der Waals surface area contributed by atoms with Crippen molar-refractivity contribution >= 4 is 52.0 Å². The van der Waals surface area contributed by atoms with E-state index >= 15 is 0 Å². The van der Waals surface area contributed by atoms with Crippen LogP contribution in [0.4, 0.5) is 0 Å². The van der Waals surface area contributed by atoms with Crippen LogP contribution in [0.2, 0.25) is 0 Å². The van der Waals surface area contributed by atoms with Crippen LogP contribution < -0.4 is 10.7 Å². The van der Waals surface area contributed by atoms with E-state index in [4.69, 9.17) is 23.8 Å². The van der Waals surface area contributed by atoms with Gasteiger partial charge in [-0.1, -0.05) is 33.6 Å². The van der Waals surface area contributed by atoms with E-state index in [2.05, 4.69) is 47.5 Å². The molecule has 17 heteroatoms. The zero-order valence-corrected chi connectivity index (χ0v) is 38.1. The highest BCUT2D eigenvalue weighted by molar-refractivity contribution is 7.05. The molecule has 7 rings (SSSR count). The Morgan fingerprint density at radius 1 is 1.13 bits per heavy atom. The van der Waals surface area contributed by atoms with Crippen molar-refractivity contribution in [3.8, 4) is 34.5 Å². The molecule has 2 saturated heterocycles. The third-order valence-electron chi connectivity index (χ3n) is 12.2. The van der Waals surface area contributed by atoms with Crippen LogP contribution in [-0.4, -0.2) is 122 Å². The number of carbonyl (C=O) groups excluding carboxylic acids is 5. The van der Waals surface area contributed by atoms with Crippen LogP contribution in [0.15, 0.2) is 36.5 Å². The van der Waals surface area contributed by atoms with Gasteiger partial charge in [0.15, 0.2) is 5.82 Å². The van der Waals surface area contributed by atoms with Gasteiger partial charge in [0.2, 0.25) is 11.8 Å². The summed E-state index contributed by atoms with van der Waals surface area (Å²) < 4.78 is 16.5. The van der Waals surface area contributed by atoms with Crippen molar-refractivity contribution in [2.45, 2.75) is 97.9 Å². The number of likely N-dealkylation sites (N-methyl/N-ethyl adjacent to an activating group) is 1. The molecule has 3 aliphatic heterocycles. The summed E-state index contributed by atoms with van der Waals surface area (Å²) in [6.45, 7) is 12.4. The number of nitrogens with zero attached hydrogens (tertiary/aromatic N) is 6. The number of hydrogen-bond acceptors (Lipinski definition) is 12. The standard InChI is InChI=1S/C46H57N9O7S/c1-9-12-37(56)54-20-17-29(24-54)43(58)53(7)40(26(2)3)42(57)49-35-22-36-50-41(52-63-36)28-15-16-33-31(21-28)32(39(48-33)30-13-10-18-47-38(30)27(4)61-8)23-46(5,6)25-62-45(60)34-14-11-19-55(51-34)44(35)59/h10,13,15-16,18,21,26-27,29,34-35,40,48,51H,11,14,17,19-20,22-25H2,1-8H3,(H,49,57)/t27-,29-,34-,35-,40-/m0/s1. The van der Waals surface area contributed by atoms with E-state index in [9.17, 15) is 24.0 Å². The van der Waals surface area contributed by atoms with Gasteiger partial charge in [-0.25, -0.2) is 10.4 Å². The van der Waals surface area contributed by atoms with Gasteiger partial charge >= 0.3 is 5.97 Å². The molecular formula is C46H57N9O7S. The molecule has 3 aromatic heterocycles. The fourth-order valence-corrected chi connectivity index (χ4v) is 9.54. The number of hydrogen-bond donors (Lipinski definition) is 3. The Hall–Kier alpha value is -5.70. The highest BCUT2D eigenvalue weighted by Gasteiger charge is 2.40. The molecule has 1 aromatic carbocycles. The minimum Gasteiger partial charge on any atom is -0.464 e. The molecule has 16 nitrogen and oxygen atoms in total. The van der Waals surface area contributed by atoms with E-state index in [1.165, 1.54) is 9.91 Å². The van der Waals surface area contributed by atoms with Crippen molar-refractivity contribution in [2.75, 3.05) is 40.4 Å². The van der Waals surface area contributed by atoms with E-state index in [0.717, 1.165) is 50.5 Å². The van der Waals surface area contributed by atoms with Gasteiger partial charge in [0.25, 0.3) is 11.8 Å². The van der Waals surface area contributed by atoms with Crippen molar-refractivity contribution in [1.82, 2.24) is 44.9 Å². The number of fused-ring (bicyclic) bond motifs is 6. The highest BCUT2D eigenvalue weighted by atomic mass is 32.1.